The third-order valence-corrected chi connectivity index (χ3v) is 6.56. The van der Waals surface area contributed by atoms with Crippen LogP contribution in [0.5, 0.6) is 0 Å². The lowest BCUT2D eigenvalue weighted by Crippen LogP contribution is -2.45. The molecule has 13 nitrogen and oxygen atoms in total. The van der Waals surface area contributed by atoms with Crippen molar-refractivity contribution in [2.45, 2.75) is 44.4 Å². The molecule has 1 amide bonds. The van der Waals surface area contributed by atoms with E-state index < -0.39 is 59.5 Å². The first-order valence-electron chi connectivity index (χ1n) is 13.5. The molecule has 1 aliphatic rings. The number of carbonyl (C=O) groups is 4. The molecule has 3 aromatic carbocycles. The van der Waals surface area contributed by atoms with Gasteiger partial charge >= 0.3 is 24.2 Å². The Morgan fingerprint density at radius 2 is 1.48 bits per heavy atom. The molecule has 2 atom stereocenters. The number of nitrogens with zero attached hydrogens (tertiary/aromatic N) is 1. The van der Waals surface area contributed by atoms with Crippen LogP contribution in [0, 0.1) is 5.21 Å². The van der Waals surface area contributed by atoms with E-state index in [1.807, 2.05) is 48.5 Å². The average Bonchev–Trinajstić information content (AvgIpc) is 3.29. The molecular formula is C31H31N2O11-. The Morgan fingerprint density at radius 3 is 2.05 bits per heavy atom. The van der Waals surface area contributed by atoms with Crippen molar-refractivity contribution < 1.29 is 48.4 Å². The molecule has 3 N–H and O–H groups in total. The zero-order valence-electron chi connectivity index (χ0n) is 24.1. The number of carbonyl (C=O) groups excluding carboxylic acids is 3. The van der Waals surface area contributed by atoms with Gasteiger partial charge in [-0.25, -0.2) is 19.2 Å². The van der Waals surface area contributed by atoms with Crippen molar-refractivity contribution in [1.82, 2.24) is 5.32 Å². The second kappa shape index (κ2) is 13.4. The third kappa shape index (κ3) is 7.62. The second-order valence-corrected chi connectivity index (χ2v) is 10.8. The average molecular weight is 608 g/mol. The van der Waals surface area contributed by atoms with E-state index in [2.05, 4.69) is 5.32 Å². The highest BCUT2D eigenvalue weighted by Crippen LogP contribution is 2.44. The first-order chi connectivity index (χ1) is 20.9. The van der Waals surface area contributed by atoms with Crippen LogP contribution in [0.1, 0.15) is 49.5 Å². The molecule has 0 aliphatic heterocycles. The van der Waals surface area contributed by atoms with E-state index >= 15 is 0 Å². The Morgan fingerprint density at radius 1 is 0.909 bits per heavy atom. The molecule has 44 heavy (non-hydrogen) atoms. The zero-order valence-corrected chi connectivity index (χ0v) is 24.1. The first kappa shape index (κ1) is 31.8. The van der Waals surface area contributed by atoms with E-state index in [1.165, 1.54) is 24.3 Å². The SMILES string of the molecule is CC(C)(C)OC(=O)C(OC(=O)OC[C@@H](NC(=O)OCC1c2ccccc2-c2ccccc21)C(=O)O)c1ccccc1N([O-])O. The molecule has 0 bridgehead atoms. The van der Waals surface area contributed by atoms with E-state index in [4.69, 9.17) is 18.9 Å². The zero-order chi connectivity index (χ0) is 32.0. The van der Waals surface area contributed by atoms with Gasteiger partial charge < -0.3 is 39.8 Å². The van der Waals surface area contributed by atoms with Crippen LogP contribution in [0.15, 0.2) is 72.8 Å². The van der Waals surface area contributed by atoms with Crippen LogP contribution in [0.25, 0.3) is 11.1 Å². The molecule has 0 aromatic heterocycles. The van der Waals surface area contributed by atoms with Crippen molar-refractivity contribution >= 4 is 29.9 Å². The number of nitrogens with one attached hydrogen (secondary N) is 1. The van der Waals surface area contributed by atoms with Crippen LogP contribution >= 0.6 is 0 Å². The van der Waals surface area contributed by atoms with Gasteiger partial charge in [-0.15, -0.1) is 0 Å². The Balaban J connectivity index is 1.39. The van der Waals surface area contributed by atoms with E-state index in [-0.39, 0.29) is 18.1 Å². The van der Waals surface area contributed by atoms with E-state index in [0.29, 0.717) is 0 Å². The predicted molar refractivity (Wildman–Crippen MR) is 155 cm³/mol. The number of para-hydroxylation sites is 1. The van der Waals surface area contributed by atoms with Gasteiger partial charge in [-0.05, 0) is 49.1 Å². The number of anilines is 1. The van der Waals surface area contributed by atoms with Crippen LogP contribution in [0.4, 0.5) is 15.3 Å². The first-order valence-corrected chi connectivity index (χ1v) is 13.5. The van der Waals surface area contributed by atoms with Crippen molar-refractivity contribution in [2.24, 2.45) is 0 Å². The maximum Gasteiger partial charge on any atom is 0.509 e. The number of hydrogen-bond acceptors (Lipinski definition) is 11. The number of carboxylic acids is 1. The Bertz CT molecular complexity index is 1490. The smallest absolute Gasteiger partial charge is 0.509 e. The van der Waals surface area contributed by atoms with Crippen LogP contribution in [-0.2, 0) is 28.5 Å². The molecule has 0 saturated carbocycles. The van der Waals surface area contributed by atoms with Gasteiger partial charge in [0.2, 0.25) is 6.10 Å². The van der Waals surface area contributed by atoms with Gasteiger partial charge in [-0.2, -0.15) is 0 Å². The normalized spacial score (nSPS) is 13.5. The summed E-state index contributed by atoms with van der Waals surface area (Å²) in [4.78, 5) is 49.9. The second-order valence-electron chi connectivity index (χ2n) is 10.8. The summed E-state index contributed by atoms with van der Waals surface area (Å²) in [6, 6.07) is 18.9. The number of carboxylic acid groups (broad SMARTS) is 1. The topological polar surface area (TPSA) is 184 Å². The molecule has 1 unspecified atom stereocenters. The minimum atomic E-state index is -1.86. The molecule has 0 radical (unpaired) electrons. The number of aliphatic carboxylic acids is 1. The van der Waals surface area contributed by atoms with E-state index in [1.54, 1.807) is 20.8 Å². The maximum atomic E-state index is 12.9. The largest absolute Gasteiger partial charge is 0.733 e. The van der Waals surface area contributed by atoms with Crippen molar-refractivity contribution in [3.05, 3.63) is 94.7 Å². The minimum absolute atomic E-state index is 0.0757. The molecule has 0 spiro atoms. The third-order valence-electron chi connectivity index (χ3n) is 6.56. The number of ether oxygens (including phenoxy) is 4. The Hall–Kier alpha value is -5.14. The monoisotopic (exact) mass is 607 g/mol. The number of amides is 1. The number of hydrogen-bond donors (Lipinski definition) is 3. The van der Waals surface area contributed by atoms with Gasteiger partial charge in [0.15, 0.2) is 6.04 Å². The standard InChI is InChI=1S/C31H31N2O11/c1-31(2,3)44-28(36)26(22-14-8-9-15-25(22)33(39)40)43-30(38)42-17-24(27(34)35)32-29(37)41-16-23-20-12-6-4-10-18(20)19-11-5-7-13-21(19)23/h4-15,23-24,26,39H,16-17H2,1-3H3,(H,32,37)(H,34,35)/q-1/t24-,26?/m1/s1. The summed E-state index contributed by atoms with van der Waals surface area (Å²) in [5.74, 6) is -2.89. The number of rotatable bonds is 10. The van der Waals surface area contributed by atoms with Gasteiger partial charge in [0, 0.05) is 11.5 Å². The fraction of sp³-hybridized carbons (Fsp3) is 0.290. The lowest BCUT2D eigenvalue weighted by atomic mass is 9.98. The van der Waals surface area contributed by atoms with Crippen molar-refractivity contribution in [2.75, 3.05) is 18.4 Å². The highest BCUT2D eigenvalue weighted by atomic mass is 16.8. The quantitative estimate of drug-likeness (QED) is 0.161. The van der Waals surface area contributed by atoms with Gasteiger partial charge in [0.1, 0.15) is 18.8 Å². The summed E-state index contributed by atoms with van der Waals surface area (Å²) in [6.45, 7) is 3.71. The fourth-order valence-corrected chi connectivity index (χ4v) is 4.72. The lowest BCUT2D eigenvalue weighted by molar-refractivity contribution is -0.167. The molecule has 4 rings (SSSR count). The Labute approximate surface area is 252 Å². The maximum absolute atomic E-state index is 12.9. The molecule has 0 saturated heterocycles. The number of esters is 1. The van der Waals surface area contributed by atoms with Crippen LogP contribution in [0.3, 0.4) is 0 Å². The summed E-state index contributed by atoms with van der Waals surface area (Å²) in [5.41, 5.74) is 2.31. The number of fused-ring (bicyclic) bond motifs is 3. The van der Waals surface area contributed by atoms with Crippen molar-refractivity contribution in [3.8, 4) is 11.1 Å². The van der Waals surface area contributed by atoms with Gasteiger partial charge in [-0.1, -0.05) is 66.7 Å². The molecule has 0 heterocycles. The van der Waals surface area contributed by atoms with Crippen molar-refractivity contribution in [1.29, 1.82) is 0 Å². The number of benzene rings is 3. The highest BCUT2D eigenvalue weighted by Gasteiger charge is 2.34. The summed E-state index contributed by atoms with van der Waals surface area (Å²) < 4.78 is 20.6. The van der Waals surface area contributed by atoms with Crippen molar-refractivity contribution in [3.63, 3.8) is 0 Å². The molecule has 0 fully saturated rings. The molecule has 3 aromatic rings. The predicted octanol–water partition coefficient (Wildman–Crippen LogP) is 4.91. The van der Waals surface area contributed by atoms with Crippen LogP contribution < -0.4 is 10.5 Å². The van der Waals surface area contributed by atoms with E-state index in [0.717, 1.165) is 22.3 Å². The highest BCUT2D eigenvalue weighted by molar-refractivity contribution is 5.83. The minimum Gasteiger partial charge on any atom is -0.733 e. The molecule has 1 aliphatic carbocycles. The van der Waals surface area contributed by atoms with Gasteiger partial charge in [0.25, 0.3) is 0 Å². The molecular weight excluding hydrogens is 576 g/mol. The van der Waals surface area contributed by atoms with Gasteiger partial charge in [-0.3, -0.25) is 5.21 Å². The van der Waals surface area contributed by atoms with Crippen LogP contribution in [0.2, 0.25) is 0 Å². The lowest BCUT2D eigenvalue weighted by Gasteiger charge is -2.29. The van der Waals surface area contributed by atoms with E-state index in [9.17, 15) is 34.7 Å². The molecule has 13 heteroatoms. The Kier molecular flexibility index (Phi) is 9.71. The summed E-state index contributed by atoms with van der Waals surface area (Å²) in [7, 11) is 0. The number of alkyl carbamates (subject to hydrolysis) is 1. The summed E-state index contributed by atoms with van der Waals surface area (Å²) in [5, 5.41) is 32.3. The summed E-state index contributed by atoms with van der Waals surface area (Å²) >= 11 is 0. The fourth-order valence-electron chi connectivity index (χ4n) is 4.72. The van der Waals surface area contributed by atoms with Gasteiger partial charge in [0.05, 0.1) is 5.69 Å². The molecule has 232 valence electrons. The summed E-state index contributed by atoms with van der Waals surface area (Å²) in [6.07, 6.45) is -4.43. The van der Waals surface area contributed by atoms with Crippen LogP contribution in [-0.4, -0.2) is 59.4 Å².